The number of hydrogen-bond donors (Lipinski definition) is 1. The Morgan fingerprint density at radius 1 is 1.42 bits per heavy atom. The van der Waals surface area contributed by atoms with E-state index < -0.39 is 10.0 Å². The number of aromatic nitrogens is 2. The number of amides is 1. The van der Waals surface area contributed by atoms with Crippen LogP contribution in [-0.4, -0.2) is 41.6 Å². The van der Waals surface area contributed by atoms with Crippen LogP contribution in [0, 0.1) is 6.92 Å². The fourth-order valence-electron chi connectivity index (χ4n) is 3.12. The molecule has 2 N–H and O–H groups in total. The summed E-state index contributed by atoms with van der Waals surface area (Å²) < 4.78 is 25.1. The van der Waals surface area contributed by atoms with Gasteiger partial charge in [-0.3, -0.25) is 9.48 Å². The average molecular weight is 348 g/mol. The van der Waals surface area contributed by atoms with Crippen LogP contribution >= 0.6 is 0 Å². The lowest BCUT2D eigenvalue weighted by Crippen LogP contribution is -2.38. The molecule has 3 rings (SSSR count). The fraction of sp³-hybridized carbons (Fsp3) is 0.375. The Balaban J connectivity index is 1.85. The highest BCUT2D eigenvalue weighted by Gasteiger charge is 2.30. The number of primary sulfonamides is 1. The van der Waals surface area contributed by atoms with E-state index in [0.29, 0.717) is 24.2 Å². The summed E-state index contributed by atoms with van der Waals surface area (Å²) in [5, 5.41) is 9.42. The van der Waals surface area contributed by atoms with Crippen molar-refractivity contribution in [2.75, 3.05) is 6.54 Å². The molecule has 0 radical (unpaired) electrons. The second-order valence-corrected chi connectivity index (χ2v) is 7.58. The minimum atomic E-state index is -3.85. The van der Waals surface area contributed by atoms with Crippen molar-refractivity contribution >= 4 is 15.9 Å². The van der Waals surface area contributed by atoms with E-state index in [9.17, 15) is 13.2 Å². The van der Waals surface area contributed by atoms with Crippen molar-refractivity contribution in [1.82, 2.24) is 14.7 Å². The van der Waals surface area contributed by atoms with Crippen LogP contribution in [0.4, 0.5) is 0 Å². The van der Waals surface area contributed by atoms with Gasteiger partial charge in [0.1, 0.15) is 0 Å². The fourth-order valence-corrected chi connectivity index (χ4v) is 3.93. The molecule has 2 heterocycles. The molecule has 1 aromatic heterocycles. The molecule has 0 aliphatic carbocycles. The lowest BCUT2D eigenvalue weighted by atomic mass is 10.1. The van der Waals surface area contributed by atoms with E-state index in [2.05, 4.69) is 5.10 Å². The summed E-state index contributed by atoms with van der Waals surface area (Å²) >= 11 is 0. The normalized spacial score (nSPS) is 18.1. The Labute approximate surface area is 141 Å². The number of benzene rings is 1. The molecule has 8 heteroatoms. The third kappa shape index (κ3) is 3.34. The number of carbonyl (C=O) groups is 1. The Morgan fingerprint density at radius 2 is 2.21 bits per heavy atom. The summed E-state index contributed by atoms with van der Waals surface area (Å²) in [5.41, 5.74) is 0.876. The summed E-state index contributed by atoms with van der Waals surface area (Å²) in [6, 6.07) is 6.54. The van der Waals surface area contributed by atoms with Gasteiger partial charge in [0.05, 0.1) is 17.5 Å². The van der Waals surface area contributed by atoms with Gasteiger partial charge in [-0.2, -0.15) is 5.10 Å². The van der Waals surface area contributed by atoms with Crippen LogP contribution in [-0.2, 0) is 16.6 Å². The SMILES string of the molecule is Cc1ccc(C(=O)N2CCCC2Cn2cccn2)cc1S(N)(=O)=O. The quantitative estimate of drug-likeness (QED) is 0.896. The maximum absolute atomic E-state index is 12.8. The van der Waals surface area contributed by atoms with E-state index in [4.69, 9.17) is 5.14 Å². The van der Waals surface area contributed by atoms with Crippen molar-refractivity contribution in [1.29, 1.82) is 0 Å². The Kier molecular flexibility index (Phi) is 4.42. The maximum Gasteiger partial charge on any atom is 0.254 e. The zero-order chi connectivity index (χ0) is 17.3. The predicted molar refractivity (Wildman–Crippen MR) is 88.8 cm³/mol. The van der Waals surface area contributed by atoms with Gasteiger partial charge >= 0.3 is 0 Å². The second-order valence-electron chi connectivity index (χ2n) is 6.05. The molecule has 1 atom stereocenters. The maximum atomic E-state index is 12.8. The van der Waals surface area contributed by atoms with Gasteiger partial charge in [0.2, 0.25) is 10.0 Å². The minimum Gasteiger partial charge on any atom is -0.334 e. The second kappa shape index (κ2) is 6.37. The lowest BCUT2D eigenvalue weighted by molar-refractivity contribution is 0.0721. The first-order valence-corrected chi connectivity index (χ1v) is 9.33. The van der Waals surface area contributed by atoms with Crippen LogP contribution in [0.3, 0.4) is 0 Å². The van der Waals surface area contributed by atoms with E-state index in [-0.39, 0.29) is 16.8 Å². The van der Waals surface area contributed by atoms with Gasteiger partial charge in [0.25, 0.3) is 5.91 Å². The van der Waals surface area contributed by atoms with E-state index in [1.54, 1.807) is 34.8 Å². The summed E-state index contributed by atoms with van der Waals surface area (Å²) in [6.45, 7) is 2.94. The number of aryl methyl sites for hydroxylation is 1. The largest absolute Gasteiger partial charge is 0.334 e. The Morgan fingerprint density at radius 3 is 2.88 bits per heavy atom. The van der Waals surface area contributed by atoms with Crippen LogP contribution in [0.15, 0.2) is 41.6 Å². The van der Waals surface area contributed by atoms with Crippen LogP contribution in [0.25, 0.3) is 0 Å². The molecule has 1 amide bonds. The van der Waals surface area contributed by atoms with Gasteiger partial charge in [-0.25, -0.2) is 13.6 Å². The van der Waals surface area contributed by atoms with E-state index in [1.807, 2.05) is 12.3 Å². The van der Waals surface area contributed by atoms with Crippen molar-refractivity contribution in [3.05, 3.63) is 47.8 Å². The number of carbonyl (C=O) groups excluding carboxylic acids is 1. The monoisotopic (exact) mass is 348 g/mol. The van der Waals surface area contributed by atoms with Gasteiger partial charge < -0.3 is 4.90 Å². The third-order valence-corrected chi connectivity index (χ3v) is 5.39. The van der Waals surface area contributed by atoms with Gasteiger partial charge in [-0.1, -0.05) is 6.07 Å². The molecule has 2 aromatic rings. The molecule has 0 spiro atoms. The Hall–Kier alpha value is -2.19. The lowest BCUT2D eigenvalue weighted by Gasteiger charge is -2.25. The van der Waals surface area contributed by atoms with Crippen LogP contribution in [0.2, 0.25) is 0 Å². The first-order valence-electron chi connectivity index (χ1n) is 7.78. The number of nitrogens with two attached hydrogens (primary N) is 1. The molecule has 24 heavy (non-hydrogen) atoms. The highest BCUT2D eigenvalue weighted by molar-refractivity contribution is 7.89. The average Bonchev–Trinajstić information content (AvgIpc) is 3.18. The number of hydrogen-bond acceptors (Lipinski definition) is 4. The summed E-state index contributed by atoms with van der Waals surface area (Å²) in [5.74, 6) is -0.172. The highest BCUT2D eigenvalue weighted by Crippen LogP contribution is 2.23. The van der Waals surface area contributed by atoms with Crippen molar-refractivity contribution in [3.63, 3.8) is 0 Å². The molecule has 1 unspecified atom stereocenters. The van der Waals surface area contributed by atoms with Crippen molar-refractivity contribution < 1.29 is 13.2 Å². The topological polar surface area (TPSA) is 98.3 Å². The molecule has 1 fully saturated rings. The summed E-state index contributed by atoms with van der Waals surface area (Å²) in [4.78, 5) is 14.6. The zero-order valence-corrected chi connectivity index (χ0v) is 14.2. The number of nitrogens with zero attached hydrogens (tertiary/aromatic N) is 3. The molecule has 1 aliphatic heterocycles. The zero-order valence-electron chi connectivity index (χ0n) is 13.4. The number of sulfonamides is 1. The standard InChI is InChI=1S/C16H20N4O3S/c1-12-5-6-13(10-15(12)24(17,22)23)16(21)20-9-2-4-14(20)11-19-8-3-7-18-19/h3,5-8,10,14H,2,4,9,11H2,1H3,(H2,17,22,23). The van der Waals surface area contributed by atoms with Gasteiger partial charge in [-0.05, 0) is 43.5 Å². The molecule has 128 valence electrons. The smallest absolute Gasteiger partial charge is 0.254 e. The van der Waals surface area contributed by atoms with Crippen molar-refractivity contribution in [2.24, 2.45) is 5.14 Å². The first kappa shape index (κ1) is 16.7. The van der Waals surface area contributed by atoms with E-state index >= 15 is 0 Å². The van der Waals surface area contributed by atoms with E-state index in [1.165, 1.54) is 6.07 Å². The molecule has 7 nitrogen and oxygen atoms in total. The molecule has 0 bridgehead atoms. The first-order chi connectivity index (χ1) is 11.4. The van der Waals surface area contributed by atoms with Crippen LogP contribution < -0.4 is 5.14 Å². The molecule has 1 saturated heterocycles. The molecular formula is C16H20N4O3S. The van der Waals surface area contributed by atoms with Crippen molar-refractivity contribution in [2.45, 2.75) is 37.2 Å². The molecule has 1 aromatic carbocycles. The Bertz CT molecular complexity index is 846. The summed E-state index contributed by atoms with van der Waals surface area (Å²) in [6.07, 6.45) is 5.40. The minimum absolute atomic E-state index is 0.00354. The van der Waals surface area contributed by atoms with Gasteiger partial charge in [0, 0.05) is 24.5 Å². The van der Waals surface area contributed by atoms with Crippen LogP contribution in [0.1, 0.15) is 28.8 Å². The van der Waals surface area contributed by atoms with Gasteiger partial charge in [0.15, 0.2) is 0 Å². The van der Waals surface area contributed by atoms with Crippen LogP contribution in [0.5, 0.6) is 0 Å². The van der Waals surface area contributed by atoms with Gasteiger partial charge in [-0.15, -0.1) is 0 Å². The molecule has 0 saturated carbocycles. The predicted octanol–water partition coefficient (Wildman–Crippen LogP) is 1.14. The highest BCUT2D eigenvalue weighted by atomic mass is 32.2. The van der Waals surface area contributed by atoms with Crippen molar-refractivity contribution in [3.8, 4) is 0 Å². The van der Waals surface area contributed by atoms with E-state index in [0.717, 1.165) is 12.8 Å². The molecule has 1 aliphatic rings. The number of likely N-dealkylation sites (tertiary alicyclic amines) is 1. The summed E-state index contributed by atoms with van der Waals surface area (Å²) in [7, 11) is -3.85. The molecular weight excluding hydrogens is 328 g/mol. The third-order valence-electron chi connectivity index (χ3n) is 4.34. The number of rotatable bonds is 4.